The summed E-state index contributed by atoms with van der Waals surface area (Å²) < 4.78 is 55.0. The first-order valence-corrected chi connectivity index (χ1v) is 18.0. The van der Waals surface area contributed by atoms with Crippen molar-refractivity contribution in [2.75, 3.05) is 58.6 Å². The number of fused-ring (bicyclic) bond motifs is 1. The molecule has 2 amide bonds. The fourth-order valence-electron chi connectivity index (χ4n) is 5.97. The van der Waals surface area contributed by atoms with Crippen LogP contribution in [0.5, 0.6) is 0 Å². The van der Waals surface area contributed by atoms with E-state index in [1.165, 1.54) is 21.5 Å². The van der Waals surface area contributed by atoms with Gasteiger partial charge in [0.2, 0.25) is 31.9 Å². The topological polar surface area (TPSA) is 127 Å². The van der Waals surface area contributed by atoms with Gasteiger partial charge in [-0.15, -0.1) is 0 Å². The highest BCUT2D eigenvalue weighted by atomic mass is 79.9. The van der Waals surface area contributed by atoms with Crippen molar-refractivity contribution in [1.29, 1.82) is 0 Å². The molecule has 0 unspecified atom stereocenters. The minimum atomic E-state index is -3.95. The molecule has 2 atom stereocenters. The number of hydrogen-bond acceptors (Lipinski definition) is 7. The predicted octanol–water partition coefficient (Wildman–Crippen LogP) is 1.44. The Bertz CT molecular complexity index is 1530. The maximum Gasteiger partial charge on any atom is 0.242 e. The highest BCUT2D eigenvalue weighted by molar-refractivity contribution is 9.10. The SMILES string of the molecule is CS(=O)(=O)N1CCN(C[C@@H]2CCCN2C(=O)CN2CCC[C@H](NS(=O)(=O)c3ccc4cc(Br)ccc4c3)C2=O)CC1. The highest BCUT2D eigenvalue weighted by Gasteiger charge is 2.37. The van der Waals surface area contributed by atoms with Gasteiger partial charge in [-0.3, -0.25) is 14.5 Å². The Morgan fingerprint density at radius 2 is 1.61 bits per heavy atom. The molecule has 3 fully saturated rings. The van der Waals surface area contributed by atoms with E-state index in [0.717, 1.165) is 28.1 Å². The monoisotopic (exact) mass is 669 g/mol. The average molecular weight is 671 g/mol. The number of nitrogens with zero attached hydrogens (tertiary/aromatic N) is 4. The predicted molar refractivity (Wildman–Crippen MR) is 159 cm³/mol. The van der Waals surface area contributed by atoms with Crippen LogP contribution in [-0.2, 0) is 29.6 Å². The van der Waals surface area contributed by atoms with Gasteiger partial charge in [-0.05, 0) is 60.7 Å². The lowest BCUT2D eigenvalue weighted by molar-refractivity contribution is -0.143. The molecule has 41 heavy (non-hydrogen) atoms. The van der Waals surface area contributed by atoms with Crippen LogP contribution >= 0.6 is 15.9 Å². The van der Waals surface area contributed by atoms with Crippen LogP contribution in [0.4, 0.5) is 0 Å². The molecular formula is C27H36BrN5O6S2. The highest BCUT2D eigenvalue weighted by Crippen LogP contribution is 2.25. The number of halogens is 1. The van der Waals surface area contributed by atoms with Gasteiger partial charge in [0.1, 0.15) is 6.04 Å². The first kappa shape index (κ1) is 30.4. The molecule has 1 N–H and O–H groups in total. The van der Waals surface area contributed by atoms with Crippen molar-refractivity contribution in [3.63, 3.8) is 0 Å². The summed E-state index contributed by atoms with van der Waals surface area (Å²) in [5.74, 6) is -0.523. The number of nitrogens with one attached hydrogen (secondary N) is 1. The fourth-order valence-corrected chi connectivity index (χ4v) is 8.44. The Balaban J connectivity index is 1.18. The zero-order chi connectivity index (χ0) is 29.4. The number of amides is 2. The number of hydrogen-bond donors (Lipinski definition) is 1. The van der Waals surface area contributed by atoms with Crippen LogP contribution in [0.15, 0.2) is 45.8 Å². The molecule has 2 aromatic carbocycles. The summed E-state index contributed by atoms with van der Waals surface area (Å²) in [5.41, 5.74) is 0. The molecular weight excluding hydrogens is 634 g/mol. The first-order valence-electron chi connectivity index (χ1n) is 13.9. The van der Waals surface area contributed by atoms with E-state index in [9.17, 15) is 26.4 Å². The Labute approximate surface area is 250 Å². The molecule has 0 saturated carbocycles. The second-order valence-corrected chi connectivity index (χ2v) is 15.7. The van der Waals surface area contributed by atoms with Crippen molar-refractivity contribution < 1.29 is 26.4 Å². The van der Waals surface area contributed by atoms with Crippen molar-refractivity contribution in [3.8, 4) is 0 Å². The molecule has 0 aliphatic carbocycles. The van der Waals surface area contributed by atoms with Crippen molar-refractivity contribution in [2.45, 2.75) is 42.7 Å². The molecule has 224 valence electrons. The number of carbonyl (C=O) groups excluding carboxylic acids is 2. The second-order valence-electron chi connectivity index (χ2n) is 11.1. The zero-order valence-electron chi connectivity index (χ0n) is 23.0. The van der Waals surface area contributed by atoms with Crippen LogP contribution in [0.25, 0.3) is 10.8 Å². The summed E-state index contributed by atoms with van der Waals surface area (Å²) in [5, 5.41) is 1.67. The van der Waals surface area contributed by atoms with Crippen molar-refractivity contribution in [2.24, 2.45) is 0 Å². The summed E-state index contributed by atoms with van der Waals surface area (Å²) in [6.07, 6.45) is 3.91. The van der Waals surface area contributed by atoms with E-state index in [4.69, 9.17) is 0 Å². The van der Waals surface area contributed by atoms with Gasteiger partial charge >= 0.3 is 0 Å². The Morgan fingerprint density at radius 1 is 0.927 bits per heavy atom. The largest absolute Gasteiger partial charge is 0.337 e. The lowest BCUT2D eigenvalue weighted by Gasteiger charge is -2.37. The maximum absolute atomic E-state index is 13.3. The zero-order valence-corrected chi connectivity index (χ0v) is 26.3. The summed E-state index contributed by atoms with van der Waals surface area (Å²) in [7, 11) is -7.16. The molecule has 3 aliphatic rings. The molecule has 0 bridgehead atoms. The average Bonchev–Trinajstić information content (AvgIpc) is 3.38. The Morgan fingerprint density at radius 3 is 2.34 bits per heavy atom. The van der Waals surface area contributed by atoms with Crippen molar-refractivity contribution >= 4 is 58.6 Å². The van der Waals surface area contributed by atoms with Crippen LogP contribution in [0.1, 0.15) is 25.7 Å². The van der Waals surface area contributed by atoms with Gasteiger partial charge in [0, 0.05) is 56.3 Å². The number of likely N-dealkylation sites (tertiary alicyclic amines) is 2. The van der Waals surface area contributed by atoms with Gasteiger partial charge < -0.3 is 9.80 Å². The smallest absolute Gasteiger partial charge is 0.242 e. The molecule has 0 radical (unpaired) electrons. The molecule has 0 aromatic heterocycles. The van der Waals surface area contributed by atoms with E-state index >= 15 is 0 Å². The Kier molecular flexibility index (Phi) is 9.07. The molecule has 3 heterocycles. The normalized spacial score (nSPS) is 23.4. The summed E-state index contributed by atoms with van der Waals surface area (Å²) in [4.78, 5) is 32.2. The number of carbonyl (C=O) groups is 2. The van der Waals surface area contributed by atoms with E-state index in [1.807, 2.05) is 23.1 Å². The quantitative estimate of drug-likeness (QED) is 0.451. The van der Waals surface area contributed by atoms with E-state index in [1.54, 1.807) is 12.1 Å². The lowest BCUT2D eigenvalue weighted by atomic mass is 10.1. The van der Waals surface area contributed by atoms with Gasteiger partial charge in [-0.25, -0.2) is 16.8 Å². The van der Waals surface area contributed by atoms with E-state index in [0.29, 0.717) is 58.7 Å². The summed E-state index contributed by atoms with van der Waals surface area (Å²) in [6.45, 7) is 3.72. The minimum absolute atomic E-state index is 0.00926. The summed E-state index contributed by atoms with van der Waals surface area (Å²) >= 11 is 3.42. The molecule has 5 rings (SSSR count). The molecule has 11 nitrogen and oxygen atoms in total. The third-order valence-electron chi connectivity index (χ3n) is 8.20. The van der Waals surface area contributed by atoms with E-state index in [2.05, 4.69) is 25.6 Å². The maximum atomic E-state index is 13.3. The second kappa shape index (κ2) is 12.3. The molecule has 2 aromatic rings. The van der Waals surface area contributed by atoms with Crippen LogP contribution in [-0.4, -0.2) is 118 Å². The third-order valence-corrected chi connectivity index (χ3v) is 11.5. The third kappa shape index (κ3) is 7.11. The first-order chi connectivity index (χ1) is 19.4. The number of rotatable bonds is 8. The van der Waals surface area contributed by atoms with Gasteiger partial charge in [-0.1, -0.05) is 28.1 Å². The molecule has 3 aliphatic heterocycles. The fraction of sp³-hybridized carbons (Fsp3) is 0.556. The molecule has 0 spiro atoms. The van der Waals surface area contributed by atoms with Crippen molar-refractivity contribution in [1.82, 2.24) is 23.7 Å². The number of sulfonamides is 2. The van der Waals surface area contributed by atoms with Crippen LogP contribution in [0.3, 0.4) is 0 Å². The number of piperidine rings is 1. The van der Waals surface area contributed by atoms with Crippen molar-refractivity contribution in [3.05, 3.63) is 40.9 Å². The number of benzene rings is 2. The van der Waals surface area contributed by atoms with Gasteiger partial charge in [0.05, 0.1) is 17.7 Å². The lowest BCUT2D eigenvalue weighted by Crippen LogP contribution is -2.56. The van der Waals surface area contributed by atoms with Gasteiger partial charge in [-0.2, -0.15) is 9.03 Å². The Hall–Kier alpha value is -2.10. The minimum Gasteiger partial charge on any atom is -0.337 e. The van der Waals surface area contributed by atoms with Crippen LogP contribution < -0.4 is 4.72 Å². The van der Waals surface area contributed by atoms with E-state index < -0.39 is 26.1 Å². The summed E-state index contributed by atoms with van der Waals surface area (Å²) in [6, 6.07) is 9.52. The van der Waals surface area contributed by atoms with Crippen LogP contribution in [0, 0.1) is 0 Å². The standard InChI is InChI=1S/C27H36BrN5O6S2/c1-40(36,37)32-14-12-30(13-15-32)18-23-4-2-11-33(23)26(34)19-31-10-3-5-25(27(31)35)29-41(38,39)24-9-7-20-16-22(28)8-6-21(20)17-24/h6-9,16-17,23,25,29H,2-5,10-15,18-19H2,1H3/t23-,25-/m0/s1. The molecule has 3 saturated heterocycles. The van der Waals surface area contributed by atoms with Gasteiger partial charge in [0.25, 0.3) is 0 Å². The van der Waals surface area contributed by atoms with Gasteiger partial charge in [0.15, 0.2) is 0 Å². The van der Waals surface area contributed by atoms with E-state index in [-0.39, 0.29) is 29.3 Å². The number of piperazine rings is 1. The van der Waals surface area contributed by atoms with Crippen LogP contribution in [0.2, 0.25) is 0 Å². The molecule has 14 heteroatoms.